The number of halogens is 8. The van der Waals surface area contributed by atoms with E-state index in [0.717, 1.165) is 159 Å². The summed E-state index contributed by atoms with van der Waals surface area (Å²) in [5.41, 5.74) is 9.98. The number of H-pyrrole nitrogens is 2. The van der Waals surface area contributed by atoms with Crippen LogP contribution in [0.25, 0.3) is 43.6 Å². The van der Waals surface area contributed by atoms with E-state index < -0.39 is 17.7 Å². The Morgan fingerprint density at radius 1 is 0.412 bits per heavy atom. The summed E-state index contributed by atoms with van der Waals surface area (Å²) in [6, 6.07) is 46.5. The van der Waals surface area contributed by atoms with Gasteiger partial charge in [0.2, 0.25) is 0 Å². The van der Waals surface area contributed by atoms with E-state index in [1.54, 1.807) is 71.4 Å². The normalized spacial score (nSPS) is 15.0. The molecule has 0 saturated carbocycles. The topological polar surface area (TPSA) is 189 Å². The van der Waals surface area contributed by atoms with Crippen LogP contribution in [0.4, 0.5) is 17.6 Å². The van der Waals surface area contributed by atoms with Crippen molar-refractivity contribution in [3.63, 3.8) is 0 Å². The summed E-state index contributed by atoms with van der Waals surface area (Å²) in [4.78, 5) is 87.7. The highest BCUT2D eigenvalue weighted by Crippen LogP contribution is 2.35. The third-order valence-corrected chi connectivity index (χ3v) is 23.3. The lowest BCUT2D eigenvalue weighted by Crippen LogP contribution is -2.39. The lowest BCUT2D eigenvalue weighted by Gasteiger charge is -2.32. The van der Waals surface area contributed by atoms with E-state index in [9.17, 15) is 46.3 Å². The molecule has 16 rings (SSSR count). The quantitative estimate of drug-likeness (QED) is 0.0470. The number of ketones is 1. The number of nitrogens with one attached hydrogen (secondary N) is 3. The number of rotatable bonds is 14. The second-order valence-corrected chi connectivity index (χ2v) is 31.8. The summed E-state index contributed by atoms with van der Waals surface area (Å²) in [7, 11) is 6.78. The molecule has 114 heavy (non-hydrogen) atoms. The molecule has 8 heterocycles. The van der Waals surface area contributed by atoms with Crippen LogP contribution >= 0.6 is 46.4 Å². The van der Waals surface area contributed by atoms with Gasteiger partial charge in [0, 0.05) is 130 Å². The van der Waals surface area contributed by atoms with Crippen LogP contribution < -0.4 is 5.32 Å². The molecule has 594 valence electrons. The number of piperidine rings is 4. The summed E-state index contributed by atoms with van der Waals surface area (Å²) >= 11 is 25.0. The van der Waals surface area contributed by atoms with Gasteiger partial charge in [0.05, 0.1) is 53.4 Å². The van der Waals surface area contributed by atoms with Crippen LogP contribution in [0.1, 0.15) is 125 Å². The van der Waals surface area contributed by atoms with Gasteiger partial charge in [-0.3, -0.25) is 24.0 Å². The first-order valence-electron chi connectivity index (χ1n) is 38.4. The number of carbonyl (C=O) groups is 6. The summed E-state index contributed by atoms with van der Waals surface area (Å²) in [6.07, 6.45) is 18.9. The summed E-state index contributed by atoms with van der Waals surface area (Å²) < 4.78 is 55.6. The number of amides is 4. The van der Waals surface area contributed by atoms with Crippen LogP contribution in [0.15, 0.2) is 189 Å². The zero-order valence-corrected chi connectivity index (χ0v) is 67.0. The number of carbonyl (C=O) groups excluding carboxylic acids is 5. The Morgan fingerprint density at radius 2 is 0.754 bits per heavy atom. The van der Waals surface area contributed by atoms with Gasteiger partial charge in [0.25, 0.3) is 29.4 Å². The Morgan fingerprint density at radius 3 is 1.14 bits per heavy atom. The van der Waals surface area contributed by atoms with Crippen LogP contribution in [0, 0.1) is 46.9 Å². The van der Waals surface area contributed by atoms with Gasteiger partial charge >= 0.3 is 5.97 Å². The molecule has 0 bridgehead atoms. The van der Waals surface area contributed by atoms with Crippen LogP contribution in [-0.4, -0.2) is 146 Å². The first kappa shape index (κ1) is 83.2. The molecule has 0 atom stereocenters. The van der Waals surface area contributed by atoms with Gasteiger partial charge in [-0.1, -0.05) is 94.9 Å². The first-order chi connectivity index (χ1) is 54.8. The smallest absolute Gasteiger partial charge is 0.337 e. The minimum Gasteiger partial charge on any atom is -0.478 e. The van der Waals surface area contributed by atoms with Crippen molar-refractivity contribution in [3.8, 4) is 0 Å². The molecule has 24 heteroatoms. The molecule has 16 nitrogen and oxygen atoms in total. The van der Waals surface area contributed by atoms with Crippen molar-refractivity contribution in [2.45, 2.75) is 77.0 Å². The lowest BCUT2D eigenvalue weighted by atomic mass is 9.90. The third kappa shape index (κ3) is 21.2. The molecular weight excluding hydrogens is 1540 g/mol. The van der Waals surface area contributed by atoms with E-state index in [1.807, 2.05) is 119 Å². The predicted molar refractivity (Wildman–Crippen MR) is 444 cm³/mol. The number of likely N-dealkylation sites (N-methyl/N-ethyl adjacent to an activating group) is 1. The van der Waals surface area contributed by atoms with Crippen molar-refractivity contribution in [1.29, 1.82) is 0 Å². The first-order valence-corrected chi connectivity index (χ1v) is 39.9. The number of aromatic amines is 2. The molecular formula is C90H91Cl4F4N9O7. The zero-order chi connectivity index (χ0) is 80.9. The number of hydrogen-bond acceptors (Lipinski definition) is 7. The maximum absolute atomic E-state index is 13.3. The standard InChI is InChI=1S/C26H27ClFN3O3.C22H22ClFN2O.C21H20ClFN2O.C12H16FN.C9H6ClNO2/c1-29(2)26(34)24(32)21-15-30(3)23-14-22(27)20(13-19(21)23)25(33)31-10-8-17(9-11-31)12-16-4-6-18(28)7-5-16;1-25-9-8-17-13-19(20(23)14-21(17)25)22(27)26-10-6-16(7-11-26)12-15-2-4-18(24)5-3-15;22-19-13-20-16(5-8-24-20)12-18(19)21(26)25-9-6-15(7-10-25)11-14-1-3-17(23)4-2-14;13-12-3-1-10(2-4-12)9-11-5-7-14-8-6-11;10-7-4-8-5(1-2-11-8)3-6(7)9(12)13/h4-7,13-15,17H,8-12H2,1-3H3;2-5,8-9,13-14,16H,6-7,10-12H2,1H3;1-5,8,12-13,15,24H,6-7,9-11H2;1-4,11,14H,5-9H2;1-4,11H,(H,12,13). The van der Waals surface area contributed by atoms with Gasteiger partial charge < -0.3 is 49.1 Å². The van der Waals surface area contributed by atoms with E-state index in [-0.39, 0.29) is 57.1 Å². The number of benzene rings is 8. The second kappa shape index (κ2) is 38.3. The van der Waals surface area contributed by atoms with Crippen molar-refractivity contribution in [1.82, 2.24) is 44.0 Å². The molecule has 4 aromatic heterocycles. The van der Waals surface area contributed by atoms with Crippen LogP contribution in [-0.2, 0) is 44.6 Å². The maximum Gasteiger partial charge on any atom is 0.337 e. The Bertz CT molecular complexity index is 5390. The molecule has 4 amide bonds. The number of carboxylic acids is 1. The Balaban J connectivity index is 0.000000137. The molecule has 0 aliphatic carbocycles. The van der Waals surface area contributed by atoms with Gasteiger partial charge in [0.15, 0.2) is 0 Å². The fraction of sp³-hybridized carbons (Fsp3) is 0.311. The van der Waals surface area contributed by atoms with Gasteiger partial charge in [-0.05, 0) is 251 Å². The van der Waals surface area contributed by atoms with Crippen LogP contribution in [0.5, 0.6) is 0 Å². The van der Waals surface area contributed by atoms with Gasteiger partial charge in [-0.15, -0.1) is 0 Å². The molecule has 0 unspecified atom stereocenters. The number of carboxylic acid groups (broad SMARTS) is 1. The molecule has 4 aliphatic heterocycles. The monoisotopic (exact) mass is 1630 g/mol. The molecule has 4 aliphatic rings. The van der Waals surface area contributed by atoms with Crippen molar-refractivity contribution >= 4 is 125 Å². The van der Waals surface area contributed by atoms with E-state index in [1.165, 1.54) is 73.8 Å². The maximum atomic E-state index is 13.3. The third-order valence-electron chi connectivity index (χ3n) is 22.0. The van der Waals surface area contributed by atoms with Crippen molar-refractivity contribution in [3.05, 3.63) is 282 Å². The Kier molecular flexibility index (Phi) is 27.9. The number of Topliss-reactive ketones (excluding diaryl/α,β-unsaturated/α-hetero) is 1. The van der Waals surface area contributed by atoms with E-state index in [4.69, 9.17) is 51.5 Å². The summed E-state index contributed by atoms with van der Waals surface area (Å²) in [6.45, 7) is 6.37. The Labute approximate surface area is 679 Å². The van der Waals surface area contributed by atoms with Gasteiger partial charge in [-0.2, -0.15) is 0 Å². The summed E-state index contributed by atoms with van der Waals surface area (Å²) in [5.74, 6) is -0.992. The molecule has 12 aromatic rings. The highest BCUT2D eigenvalue weighted by atomic mass is 35.5. The van der Waals surface area contributed by atoms with Crippen LogP contribution in [0.3, 0.4) is 0 Å². The number of likely N-dealkylation sites (tertiary alicyclic amines) is 3. The number of aryl methyl sites for hydroxylation is 2. The number of hydrogen-bond donors (Lipinski definition) is 4. The zero-order valence-electron chi connectivity index (χ0n) is 64.0. The number of nitrogens with zero attached hydrogens (tertiary/aromatic N) is 6. The van der Waals surface area contributed by atoms with E-state index in [0.29, 0.717) is 73.5 Å². The average Bonchev–Trinajstić information content (AvgIpc) is 1.61. The van der Waals surface area contributed by atoms with Gasteiger partial charge in [0.1, 0.15) is 23.3 Å². The average molecular weight is 1630 g/mol. The second-order valence-electron chi connectivity index (χ2n) is 30.2. The van der Waals surface area contributed by atoms with E-state index >= 15 is 0 Å². The lowest BCUT2D eigenvalue weighted by molar-refractivity contribution is -0.124. The fourth-order valence-corrected chi connectivity index (χ4v) is 16.4. The molecule has 4 N–H and O–H groups in total. The number of fused-ring (bicyclic) bond motifs is 4. The minimum atomic E-state index is -1.01. The highest BCUT2D eigenvalue weighted by Gasteiger charge is 2.31. The molecule has 4 fully saturated rings. The fourth-order valence-electron chi connectivity index (χ4n) is 15.4. The summed E-state index contributed by atoms with van der Waals surface area (Å²) in [5, 5.41) is 17.1. The van der Waals surface area contributed by atoms with Gasteiger partial charge in [-0.25, -0.2) is 22.4 Å². The van der Waals surface area contributed by atoms with E-state index in [2.05, 4.69) is 15.3 Å². The SMILES string of the molecule is CN(C)C(=O)C(=O)c1cn(C)c2cc(Cl)c(C(=O)N3CCC(Cc4ccc(F)cc4)CC3)cc12.Cn1ccc2cc(C(=O)N3CCC(Cc4ccc(F)cc4)CC3)c(Cl)cc21.Fc1ccc(CC2CCNCC2)cc1.O=C(O)c1cc2cc[nH]c2cc1Cl.O=C(c1cc2cc[nH]c2cc1Cl)N1CCC(Cc2ccc(F)cc2)CC1. The van der Waals surface area contributed by atoms with Crippen LogP contribution in [0.2, 0.25) is 20.1 Å². The number of aromatic nitrogens is 4. The van der Waals surface area contributed by atoms with Crippen molar-refractivity contribution < 1.29 is 51.4 Å². The molecule has 8 aromatic carbocycles. The predicted octanol–water partition coefficient (Wildman–Crippen LogP) is 19.3. The highest BCUT2D eigenvalue weighted by molar-refractivity contribution is 6.45. The van der Waals surface area contributed by atoms with Crippen molar-refractivity contribution in [2.24, 2.45) is 37.8 Å². The molecule has 0 radical (unpaired) electrons. The van der Waals surface area contributed by atoms with Crippen molar-refractivity contribution in [2.75, 3.05) is 66.5 Å². The minimum absolute atomic E-state index is 0.00154. The number of aromatic carboxylic acids is 1. The largest absolute Gasteiger partial charge is 0.478 e. The molecule has 4 saturated heterocycles. The Hall–Kier alpha value is -10.2. The molecule has 0 spiro atoms.